The van der Waals surface area contributed by atoms with E-state index in [9.17, 15) is 0 Å². The first-order chi connectivity index (χ1) is 13.7. The Morgan fingerprint density at radius 3 is 1.79 bits per heavy atom. The molecule has 160 valence electrons. The normalized spacial score (nSPS) is 10.7. The second kappa shape index (κ2) is 18.2. The molecule has 0 aliphatic rings. The lowest BCUT2D eigenvalue weighted by Crippen LogP contribution is -1.84. The average molecular weight is 551 g/mol. The molecule has 0 radical (unpaired) electrons. The van der Waals surface area contributed by atoms with Gasteiger partial charge in [0.1, 0.15) is 0 Å². The largest absolute Gasteiger partial charge is 0.149 e. The first-order valence-electron chi connectivity index (χ1n) is 11.1. The Hall–Kier alpha value is 0.360. The van der Waals surface area contributed by atoms with Crippen molar-refractivity contribution in [1.82, 2.24) is 0 Å². The molecule has 0 nitrogen and oxygen atoms in total. The Morgan fingerprint density at radius 1 is 0.714 bits per heavy atom. The van der Waals surface area contributed by atoms with E-state index in [1.807, 2.05) is 22.7 Å². The molecule has 0 atom stereocenters. The van der Waals surface area contributed by atoms with Crippen molar-refractivity contribution in [2.75, 3.05) is 0 Å². The molecule has 2 rings (SSSR count). The Morgan fingerprint density at radius 2 is 1.29 bits per heavy atom. The molecule has 0 unspecified atom stereocenters. The van der Waals surface area contributed by atoms with Crippen molar-refractivity contribution in [2.24, 2.45) is 0 Å². The Labute approximate surface area is 198 Å². The van der Waals surface area contributed by atoms with Gasteiger partial charge < -0.3 is 0 Å². The predicted molar refractivity (Wildman–Crippen MR) is 138 cm³/mol. The summed E-state index contributed by atoms with van der Waals surface area (Å²) in [4.78, 5) is 3.02. The van der Waals surface area contributed by atoms with Gasteiger partial charge in [0.15, 0.2) is 0 Å². The average Bonchev–Trinajstić information content (AvgIpc) is 3.32. The molecule has 0 aliphatic heterocycles. The van der Waals surface area contributed by atoms with Crippen molar-refractivity contribution in [3.8, 4) is 0 Å². The third-order valence-corrected chi connectivity index (χ3v) is 9.08. The van der Waals surface area contributed by atoms with E-state index >= 15 is 0 Å². The number of hydrogen-bond acceptors (Lipinski definition) is 2. The van der Waals surface area contributed by atoms with Crippen LogP contribution in [-0.2, 0) is 12.8 Å². The molecule has 0 aromatic carbocycles. The number of thiophene rings is 2. The van der Waals surface area contributed by atoms with Crippen LogP contribution in [0.15, 0.2) is 31.8 Å². The Bertz CT molecular complexity index is 556. The summed E-state index contributed by atoms with van der Waals surface area (Å²) in [6, 6.07) is 6.58. The zero-order valence-electron chi connectivity index (χ0n) is 17.8. The minimum Gasteiger partial charge on any atom is -0.149 e. The maximum absolute atomic E-state index is 3.56. The number of unbranched alkanes of at least 4 members (excludes halogenated alkanes) is 10. The van der Waals surface area contributed by atoms with Crippen LogP contribution in [0.1, 0.15) is 101 Å². The molecule has 0 saturated heterocycles. The Kier molecular flexibility index (Phi) is 17.1. The van der Waals surface area contributed by atoms with Crippen molar-refractivity contribution >= 4 is 54.5 Å². The highest BCUT2D eigenvalue weighted by molar-refractivity contribution is 9.13. The summed E-state index contributed by atoms with van der Waals surface area (Å²) in [6.45, 7) is 4.51. The van der Waals surface area contributed by atoms with E-state index in [0.717, 1.165) is 0 Å². The molecule has 4 heteroatoms. The van der Waals surface area contributed by atoms with Gasteiger partial charge in [0.2, 0.25) is 0 Å². The van der Waals surface area contributed by atoms with Crippen LogP contribution in [-0.4, -0.2) is 0 Å². The second-order valence-corrected chi connectivity index (χ2v) is 11.8. The van der Waals surface area contributed by atoms with Crippen LogP contribution in [0.25, 0.3) is 0 Å². The van der Waals surface area contributed by atoms with Crippen LogP contribution in [0, 0.1) is 0 Å². The standard InChI is InChI=1S/C16H26Br2S.C8H12S/c1-2-3-4-5-6-7-8-9-10-11-12-14-13-15(17)16(18)19-14;1-2-3-5-8-6-4-7-9-8/h13H,2-12H2,1H3;4,6-7H,2-3,5H2,1H3. The molecular weight excluding hydrogens is 512 g/mol. The van der Waals surface area contributed by atoms with Crippen molar-refractivity contribution in [1.29, 1.82) is 0 Å². The van der Waals surface area contributed by atoms with E-state index < -0.39 is 0 Å². The van der Waals surface area contributed by atoms with Gasteiger partial charge >= 0.3 is 0 Å². The first-order valence-corrected chi connectivity index (χ1v) is 14.4. The van der Waals surface area contributed by atoms with Gasteiger partial charge in [0.25, 0.3) is 0 Å². The minimum absolute atomic E-state index is 1.21. The summed E-state index contributed by atoms with van der Waals surface area (Å²) in [6.07, 6.45) is 19.3. The summed E-state index contributed by atoms with van der Waals surface area (Å²) < 4.78 is 2.44. The van der Waals surface area contributed by atoms with Crippen LogP contribution in [0.5, 0.6) is 0 Å². The van der Waals surface area contributed by atoms with Gasteiger partial charge in [-0.25, -0.2) is 0 Å². The zero-order chi connectivity index (χ0) is 20.5. The van der Waals surface area contributed by atoms with Crippen molar-refractivity contribution in [3.63, 3.8) is 0 Å². The van der Waals surface area contributed by atoms with Crippen LogP contribution < -0.4 is 0 Å². The van der Waals surface area contributed by atoms with E-state index in [0.29, 0.717) is 0 Å². The minimum atomic E-state index is 1.21. The predicted octanol–water partition coefficient (Wildman–Crippen LogP) is 10.8. The SMILES string of the molecule is CCCCCCCCCCCCc1cc(Br)c(Br)s1.CCCCc1cccs1. The lowest BCUT2D eigenvalue weighted by molar-refractivity contribution is 0.557. The van der Waals surface area contributed by atoms with E-state index in [4.69, 9.17) is 0 Å². The number of rotatable bonds is 14. The van der Waals surface area contributed by atoms with Crippen molar-refractivity contribution < 1.29 is 0 Å². The molecule has 0 N–H and O–H groups in total. The molecule has 0 amide bonds. The lowest BCUT2D eigenvalue weighted by atomic mass is 10.1. The lowest BCUT2D eigenvalue weighted by Gasteiger charge is -2.01. The summed E-state index contributed by atoms with van der Waals surface area (Å²) in [7, 11) is 0. The van der Waals surface area contributed by atoms with Gasteiger partial charge in [0.05, 0.1) is 3.79 Å². The number of hydrogen-bond donors (Lipinski definition) is 0. The second-order valence-electron chi connectivity index (χ2n) is 7.45. The molecule has 2 aromatic heterocycles. The van der Waals surface area contributed by atoms with Gasteiger partial charge in [0, 0.05) is 14.2 Å². The van der Waals surface area contributed by atoms with Crippen LogP contribution in [0.4, 0.5) is 0 Å². The quantitative estimate of drug-likeness (QED) is 0.205. The molecule has 0 spiro atoms. The van der Waals surface area contributed by atoms with E-state index in [-0.39, 0.29) is 0 Å². The monoisotopic (exact) mass is 548 g/mol. The fraction of sp³-hybridized carbons (Fsp3) is 0.667. The fourth-order valence-electron chi connectivity index (χ4n) is 3.11. The van der Waals surface area contributed by atoms with Gasteiger partial charge in [-0.15, -0.1) is 22.7 Å². The molecule has 0 fully saturated rings. The maximum Gasteiger partial charge on any atom is 0.0843 e. The van der Waals surface area contributed by atoms with Crippen molar-refractivity contribution in [3.05, 3.63) is 41.6 Å². The highest BCUT2D eigenvalue weighted by Crippen LogP contribution is 2.33. The van der Waals surface area contributed by atoms with Gasteiger partial charge in [-0.1, -0.05) is 84.1 Å². The maximum atomic E-state index is 3.56. The summed E-state index contributed by atoms with van der Waals surface area (Å²) >= 11 is 10.8. The highest BCUT2D eigenvalue weighted by atomic mass is 79.9. The van der Waals surface area contributed by atoms with Crippen LogP contribution in [0.2, 0.25) is 0 Å². The molecule has 0 bridgehead atoms. The molecule has 0 saturated carbocycles. The van der Waals surface area contributed by atoms with Crippen LogP contribution in [0.3, 0.4) is 0 Å². The smallest absolute Gasteiger partial charge is 0.0843 e. The molecular formula is C24H38Br2S2. The number of halogens is 2. The fourth-order valence-corrected chi connectivity index (χ4v) is 6.08. The summed E-state index contributed by atoms with van der Waals surface area (Å²) in [5.41, 5.74) is 0. The van der Waals surface area contributed by atoms with E-state index in [2.05, 4.69) is 69.3 Å². The number of aryl methyl sites for hydroxylation is 2. The molecule has 2 aromatic rings. The van der Waals surface area contributed by atoms with E-state index in [1.165, 1.54) is 108 Å². The zero-order valence-corrected chi connectivity index (χ0v) is 22.6. The highest BCUT2D eigenvalue weighted by Gasteiger charge is 2.03. The molecule has 0 aliphatic carbocycles. The van der Waals surface area contributed by atoms with Gasteiger partial charge in [-0.05, 0) is 75.1 Å². The van der Waals surface area contributed by atoms with Crippen LogP contribution >= 0.6 is 54.5 Å². The van der Waals surface area contributed by atoms with Crippen molar-refractivity contribution in [2.45, 2.75) is 104 Å². The first kappa shape index (κ1) is 26.4. The summed E-state index contributed by atoms with van der Waals surface area (Å²) in [5, 5.41) is 2.14. The van der Waals surface area contributed by atoms with Gasteiger partial charge in [-0.3, -0.25) is 0 Å². The van der Waals surface area contributed by atoms with E-state index in [1.54, 1.807) is 0 Å². The third kappa shape index (κ3) is 13.6. The topological polar surface area (TPSA) is 0 Å². The third-order valence-electron chi connectivity index (χ3n) is 4.83. The van der Waals surface area contributed by atoms with Gasteiger partial charge in [-0.2, -0.15) is 0 Å². The summed E-state index contributed by atoms with van der Waals surface area (Å²) in [5.74, 6) is 0. The molecule has 28 heavy (non-hydrogen) atoms. The molecule has 2 heterocycles. The Balaban J connectivity index is 0.000000362.